The monoisotopic (exact) mass is 282 g/mol. The Kier molecular flexibility index (Phi) is 7.01. The number of carbonyl (C=O) groups excluding carboxylic acids is 1. The SMILES string of the molecule is CCOC(=O)C(CCN(CC)c1ccccc1F)NC. The molecule has 0 spiro atoms. The quantitative estimate of drug-likeness (QED) is 0.742. The highest BCUT2D eigenvalue weighted by Crippen LogP contribution is 2.18. The highest BCUT2D eigenvalue weighted by Gasteiger charge is 2.19. The number of para-hydroxylation sites is 1. The van der Waals surface area contributed by atoms with Crippen LogP contribution in [0, 0.1) is 5.82 Å². The predicted octanol–water partition coefficient (Wildman–Crippen LogP) is 2.19. The molecule has 0 fully saturated rings. The lowest BCUT2D eigenvalue weighted by Crippen LogP contribution is -2.39. The summed E-state index contributed by atoms with van der Waals surface area (Å²) >= 11 is 0. The van der Waals surface area contributed by atoms with E-state index in [0.29, 0.717) is 31.8 Å². The number of nitrogens with zero attached hydrogens (tertiary/aromatic N) is 1. The average molecular weight is 282 g/mol. The van der Waals surface area contributed by atoms with E-state index in [9.17, 15) is 9.18 Å². The van der Waals surface area contributed by atoms with E-state index in [1.165, 1.54) is 6.07 Å². The summed E-state index contributed by atoms with van der Waals surface area (Å²) in [6.07, 6.45) is 0.567. The van der Waals surface area contributed by atoms with Gasteiger partial charge in [-0.15, -0.1) is 0 Å². The number of halogens is 1. The zero-order valence-corrected chi connectivity index (χ0v) is 12.4. The van der Waals surface area contributed by atoms with Gasteiger partial charge in [-0.05, 0) is 39.4 Å². The van der Waals surface area contributed by atoms with Gasteiger partial charge in [0.15, 0.2) is 0 Å². The van der Waals surface area contributed by atoms with E-state index in [4.69, 9.17) is 4.74 Å². The van der Waals surface area contributed by atoms with E-state index in [0.717, 1.165) is 0 Å². The number of ether oxygens (including phenoxy) is 1. The molecule has 1 aromatic carbocycles. The van der Waals surface area contributed by atoms with Crippen molar-refractivity contribution >= 4 is 11.7 Å². The molecular weight excluding hydrogens is 259 g/mol. The summed E-state index contributed by atoms with van der Waals surface area (Å²) in [5.74, 6) is -0.508. The Bertz CT molecular complexity index is 426. The molecule has 1 unspecified atom stereocenters. The first-order valence-electron chi connectivity index (χ1n) is 6.97. The van der Waals surface area contributed by atoms with E-state index in [1.807, 2.05) is 17.9 Å². The molecule has 5 heteroatoms. The zero-order chi connectivity index (χ0) is 15.0. The van der Waals surface area contributed by atoms with Gasteiger partial charge in [0, 0.05) is 13.1 Å². The number of rotatable bonds is 8. The topological polar surface area (TPSA) is 41.6 Å². The van der Waals surface area contributed by atoms with Crippen molar-refractivity contribution in [1.82, 2.24) is 5.32 Å². The maximum atomic E-state index is 13.8. The molecule has 0 saturated heterocycles. The number of esters is 1. The first-order chi connectivity index (χ1) is 9.63. The number of nitrogens with one attached hydrogen (secondary N) is 1. The van der Waals surface area contributed by atoms with Gasteiger partial charge in [0.2, 0.25) is 0 Å². The van der Waals surface area contributed by atoms with E-state index in [-0.39, 0.29) is 17.8 Å². The maximum Gasteiger partial charge on any atom is 0.323 e. The molecule has 112 valence electrons. The van der Waals surface area contributed by atoms with E-state index in [2.05, 4.69) is 5.32 Å². The molecule has 0 aliphatic carbocycles. The summed E-state index contributed by atoms with van der Waals surface area (Å²) in [5, 5.41) is 2.94. The second kappa shape index (κ2) is 8.53. The van der Waals surface area contributed by atoms with Gasteiger partial charge in [0.25, 0.3) is 0 Å². The van der Waals surface area contributed by atoms with Gasteiger partial charge in [0.05, 0.1) is 12.3 Å². The molecule has 0 amide bonds. The fraction of sp³-hybridized carbons (Fsp3) is 0.533. The van der Waals surface area contributed by atoms with Crippen LogP contribution in [0.2, 0.25) is 0 Å². The van der Waals surface area contributed by atoms with Crippen molar-refractivity contribution in [2.24, 2.45) is 0 Å². The molecule has 0 aliphatic rings. The summed E-state index contributed by atoms with van der Waals surface area (Å²) in [7, 11) is 1.72. The van der Waals surface area contributed by atoms with Gasteiger partial charge in [-0.3, -0.25) is 4.79 Å². The standard InChI is InChI=1S/C15H23FN2O2/c1-4-18(14-9-7-6-8-12(14)16)11-10-13(17-3)15(19)20-5-2/h6-9,13,17H,4-5,10-11H2,1-3H3. The van der Waals surface area contributed by atoms with Crippen molar-refractivity contribution in [2.75, 3.05) is 31.6 Å². The smallest absolute Gasteiger partial charge is 0.323 e. The third-order valence-corrected chi connectivity index (χ3v) is 3.18. The summed E-state index contributed by atoms with van der Waals surface area (Å²) < 4.78 is 18.8. The van der Waals surface area contributed by atoms with Gasteiger partial charge in [-0.1, -0.05) is 12.1 Å². The van der Waals surface area contributed by atoms with Crippen LogP contribution in [0.25, 0.3) is 0 Å². The number of hydrogen-bond acceptors (Lipinski definition) is 4. The molecule has 0 radical (unpaired) electrons. The number of benzene rings is 1. The Morgan fingerprint density at radius 2 is 2.10 bits per heavy atom. The highest BCUT2D eigenvalue weighted by molar-refractivity contribution is 5.75. The van der Waals surface area contributed by atoms with Gasteiger partial charge in [-0.25, -0.2) is 4.39 Å². The van der Waals surface area contributed by atoms with Crippen molar-refractivity contribution in [3.63, 3.8) is 0 Å². The molecule has 0 heterocycles. The third-order valence-electron chi connectivity index (χ3n) is 3.18. The number of likely N-dealkylation sites (N-methyl/N-ethyl adjacent to an activating group) is 1. The zero-order valence-electron chi connectivity index (χ0n) is 12.4. The van der Waals surface area contributed by atoms with Gasteiger partial charge in [0.1, 0.15) is 11.9 Å². The minimum atomic E-state index is -0.365. The molecule has 0 aliphatic heterocycles. The van der Waals surface area contributed by atoms with Crippen molar-refractivity contribution in [2.45, 2.75) is 26.3 Å². The van der Waals surface area contributed by atoms with Crippen LogP contribution in [-0.2, 0) is 9.53 Å². The molecule has 4 nitrogen and oxygen atoms in total. The summed E-state index contributed by atoms with van der Waals surface area (Å²) in [6.45, 7) is 5.37. The summed E-state index contributed by atoms with van der Waals surface area (Å²) in [4.78, 5) is 13.6. The molecule has 0 aromatic heterocycles. The first-order valence-corrected chi connectivity index (χ1v) is 6.97. The van der Waals surface area contributed by atoms with E-state index >= 15 is 0 Å². The average Bonchev–Trinajstić information content (AvgIpc) is 2.45. The van der Waals surface area contributed by atoms with Crippen molar-refractivity contribution in [1.29, 1.82) is 0 Å². The molecule has 1 rings (SSSR count). The lowest BCUT2D eigenvalue weighted by Gasteiger charge is -2.25. The number of anilines is 1. The largest absolute Gasteiger partial charge is 0.465 e. The van der Waals surface area contributed by atoms with Crippen molar-refractivity contribution in [3.05, 3.63) is 30.1 Å². The summed E-state index contributed by atoms with van der Waals surface area (Å²) in [5.41, 5.74) is 0.564. The van der Waals surface area contributed by atoms with Crippen LogP contribution in [0.4, 0.5) is 10.1 Å². The molecule has 1 atom stereocenters. The van der Waals surface area contributed by atoms with E-state index < -0.39 is 0 Å². The molecule has 1 N–H and O–H groups in total. The lowest BCUT2D eigenvalue weighted by atomic mass is 10.2. The fourth-order valence-electron chi connectivity index (χ4n) is 2.06. The minimum absolute atomic E-state index is 0.244. The van der Waals surface area contributed by atoms with E-state index in [1.54, 1.807) is 26.1 Å². The van der Waals surface area contributed by atoms with Gasteiger partial charge >= 0.3 is 5.97 Å². The molecule has 20 heavy (non-hydrogen) atoms. The predicted molar refractivity (Wildman–Crippen MR) is 78.4 cm³/mol. The van der Waals surface area contributed by atoms with Crippen LogP contribution in [0.5, 0.6) is 0 Å². The fourth-order valence-corrected chi connectivity index (χ4v) is 2.06. The Morgan fingerprint density at radius 3 is 2.65 bits per heavy atom. The maximum absolute atomic E-state index is 13.8. The third kappa shape index (κ3) is 4.49. The number of carbonyl (C=O) groups is 1. The van der Waals surface area contributed by atoms with Crippen LogP contribution in [-0.4, -0.2) is 38.8 Å². The van der Waals surface area contributed by atoms with Crippen LogP contribution in [0.3, 0.4) is 0 Å². The molecular formula is C15H23FN2O2. The lowest BCUT2D eigenvalue weighted by molar-refractivity contribution is -0.145. The minimum Gasteiger partial charge on any atom is -0.465 e. The van der Waals surface area contributed by atoms with Gasteiger partial charge < -0.3 is 15.0 Å². The second-order valence-electron chi connectivity index (χ2n) is 4.41. The molecule has 1 aromatic rings. The Labute approximate surface area is 119 Å². The Balaban J connectivity index is 2.65. The van der Waals surface area contributed by atoms with Crippen LogP contribution < -0.4 is 10.2 Å². The van der Waals surface area contributed by atoms with Crippen molar-refractivity contribution in [3.8, 4) is 0 Å². The van der Waals surface area contributed by atoms with Crippen LogP contribution >= 0.6 is 0 Å². The summed E-state index contributed by atoms with van der Waals surface area (Å²) in [6, 6.07) is 6.30. The van der Waals surface area contributed by atoms with Crippen molar-refractivity contribution < 1.29 is 13.9 Å². The highest BCUT2D eigenvalue weighted by atomic mass is 19.1. The molecule has 0 saturated carbocycles. The first kappa shape index (κ1) is 16.4. The normalized spacial score (nSPS) is 12.0. The van der Waals surface area contributed by atoms with Crippen LogP contribution in [0.1, 0.15) is 20.3 Å². The van der Waals surface area contributed by atoms with Crippen LogP contribution in [0.15, 0.2) is 24.3 Å². The second-order valence-corrected chi connectivity index (χ2v) is 4.41. The van der Waals surface area contributed by atoms with Gasteiger partial charge in [-0.2, -0.15) is 0 Å². The molecule has 0 bridgehead atoms. The Hall–Kier alpha value is -1.62. The number of hydrogen-bond donors (Lipinski definition) is 1. The Morgan fingerprint density at radius 1 is 1.40 bits per heavy atom.